The predicted octanol–water partition coefficient (Wildman–Crippen LogP) is 0.852. The zero-order valence-corrected chi connectivity index (χ0v) is 11.8. The number of amides is 2. The molecule has 0 saturated heterocycles. The van der Waals surface area contributed by atoms with Gasteiger partial charge >= 0.3 is 6.03 Å². The number of fused-ring (bicyclic) bond motifs is 1. The van der Waals surface area contributed by atoms with E-state index in [2.05, 4.69) is 16.7 Å². The molecular formula is C15H22N2O3. The van der Waals surface area contributed by atoms with E-state index in [1.807, 2.05) is 18.2 Å². The number of nitrogens with one attached hydrogen (secondary N) is 2. The van der Waals surface area contributed by atoms with E-state index < -0.39 is 5.60 Å². The monoisotopic (exact) mass is 278 g/mol. The number of methoxy groups -OCH3 is 1. The van der Waals surface area contributed by atoms with Crippen molar-refractivity contribution in [3.8, 4) is 0 Å². The highest BCUT2D eigenvalue weighted by molar-refractivity contribution is 5.73. The lowest BCUT2D eigenvalue weighted by Gasteiger charge is -2.33. The predicted molar refractivity (Wildman–Crippen MR) is 76.7 cm³/mol. The van der Waals surface area contributed by atoms with Gasteiger partial charge in [-0.25, -0.2) is 4.79 Å². The highest BCUT2D eigenvalue weighted by Gasteiger charge is 2.32. The molecule has 0 aliphatic heterocycles. The average molecular weight is 278 g/mol. The zero-order chi connectivity index (χ0) is 14.4. The van der Waals surface area contributed by atoms with Gasteiger partial charge in [-0.3, -0.25) is 0 Å². The molecule has 1 aliphatic rings. The van der Waals surface area contributed by atoms with Crippen molar-refractivity contribution in [2.24, 2.45) is 0 Å². The maximum Gasteiger partial charge on any atom is 0.314 e. The summed E-state index contributed by atoms with van der Waals surface area (Å²) in [4.78, 5) is 11.6. The molecule has 20 heavy (non-hydrogen) atoms. The van der Waals surface area contributed by atoms with E-state index in [0.717, 1.165) is 6.42 Å². The molecule has 1 aromatic carbocycles. The fourth-order valence-electron chi connectivity index (χ4n) is 2.51. The Balaban J connectivity index is 1.83. The number of ether oxygens (including phenoxy) is 1. The first-order valence-corrected chi connectivity index (χ1v) is 6.93. The Morgan fingerprint density at radius 1 is 1.35 bits per heavy atom. The second-order valence-electron chi connectivity index (χ2n) is 5.27. The van der Waals surface area contributed by atoms with Crippen molar-refractivity contribution in [3.05, 3.63) is 35.4 Å². The second kappa shape index (κ2) is 6.72. The molecule has 110 valence electrons. The van der Waals surface area contributed by atoms with E-state index in [1.54, 1.807) is 7.11 Å². The third-order valence-corrected chi connectivity index (χ3v) is 3.67. The number of urea groups is 1. The molecule has 1 atom stereocenters. The van der Waals surface area contributed by atoms with Gasteiger partial charge in [0.25, 0.3) is 0 Å². The SMILES string of the molecule is COCCNC(=O)NCC1(O)CCc2ccccc2C1. The number of hydrogen-bond donors (Lipinski definition) is 3. The Labute approximate surface area is 119 Å². The van der Waals surface area contributed by atoms with E-state index >= 15 is 0 Å². The molecular weight excluding hydrogens is 256 g/mol. The maximum absolute atomic E-state index is 11.6. The number of hydrogen-bond acceptors (Lipinski definition) is 3. The van der Waals surface area contributed by atoms with Crippen LogP contribution in [0.15, 0.2) is 24.3 Å². The fourth-order valence-corrected chi connectivity index (χ4v) is 2.51. The summed E-state index contributed by atoms with van der Waals surface area (Å²) in [7, 11) is 1.59. The second-order valence-corrected chi connectivity index (χ2v) is 5.27. The maximum atomic E-state index is 11.6. The molecule has 0 heterocycles. The summed E-state index contributed by atoms with van der Waals surface area (Å²) in [6.45, 7) is 1.20. The number of benzene rings is 1. The van der Waals surface area contributed by atoms with E-state index in [4.69, 9.17) is 4.74 Å². The van der Waals surface area contributed by atoms with Gasteiger partial charge < -0.3 is 20.5 Å². The summed E-state index contributed by atoms with van der Waals surface area (Å²) in [6.07, 6.45) is 2.10. The van der Waals surface area contributed by atoms with Gasteiger partial charge in [0.2, 0.25) is 0 Å². The molecule has 0 bridgehead atoms. The van der Waals surface area contributed by atoms with Crippen molar-refractivity contribution < 1.29 is 14.6 Å². The highest BCUT2D eigenvalue weighted by atomic mass is 16.5. The van der Waals surface area contributed by atoms with Crippen molar-refractivity contribution in [2.45, 2.75) is 24.9 Å². The van der Waals surface area contributed by atoms with Crippen molar-refractivity contribution in [1.82, 2.24) is 10.6 Å². The number of carbonyl (C=O) groups excluding carboxylic acids is 1. The minimum Gasteiger partial charge on any atom is -0.388 e. The summed E-state index contributed by atoms with van der Waals surface area (Å²) in [5, 5.41) is 16.0. The lowest BCUT2D eigenvalue weighted by molar-refractivity contribution is 0.0291. The third-order valence-electron chi connectivity index (χ3n) is 3.67. The summed E-state index contributed by atoms with van der Waals surface area (Å²) in [5.41, 5.74) is 1.61. The van der Waals surface area contributed by atoms with Crippen LogP contribution in [0, 0.1) is 0 Å². The molecule has 1 aromatic rings. The molecule has 1 aliphatic carbocycles. The highest BCUT2D eigenvalue weighted by Crippen LogP contribution is 2.28. The molecule has 5 nitrogen and oxygen atoms in total. The van der Waals surface area contributed by atoms with Crippen molar-refractivity contribution in [2.75, 3.05) is 26.8 Å². The van der Waals surface area contributed by atoms with Crippen molar-refractivity contribution in [3.63, 3.8) is 0 Å². The Hall–Kier alpha value is -1.59. The standard InChI is InChI=1S/C15H22N2O3/c1-20-9-8-16-14(18)17-11-15(19)7-6-12-4-2-3-5-13(12)10-15/h2-5,19H,6-11H2,1H3,(H2,16,17,18). The summed E-state index contributed by atoms with van der Waals surface area (Å²) >= 11 is 0. The van der Waals surface area contributed by atoms with Crippen LogP contribution in [0.2, 0.25) is 0 Å². The van der Waals surface area contributed by atoms with Crippen LogP contribution in [0.1, 0.15) is 17.5 Å². The van der Waals surface area contributed by atoms with Crippen LogP contribution in [0.25, 0.3) is 0 Å². The molecule has 0 radical (unpaired) electrons. The quantitative estimate of drug-likeness (QED) is 0.699. The molecule has 0 spiro atoms. The van der Waals surface area contributed by atoms with E-state index in [-0.39, 0.29) is 12.6 Å². The van der Waals surface area contributed by atoms with Crippen molar-refractivity contribution >= 4 is 6.03 Å². The minimum absolute atomic E-state index is 0.264. The zero-order valence-electron chi connectivity index (χ0n) is 11.8. The molecule has 0 saturated carbocycles. The van der Waals surface area contributed by atoms with E-state index in [0.29, 0.717) is 26.0 Å². The summed E-state index contributed by atoms with van der Waals surface area (Å²) < 4.78 is 4.85. The van der Waals surface area contributed by atoms with Gasteiger partial charge in [-0.1, -0.05) is 24.3 Å². The van der Waals surface area contributed by atoms with Gasteiger partial charge in [-0.05, 0) is 24.0 Å². The molecule has 3 N–H and O–H groups in total. The molecule has 0 aromatic heterocycles. The lowest BCUT2D eigenvalue weighted by Crippen LogP contribution is -2.49. The van der Waals surface area contributed by atoms with Crippen molar-refractivity contribution in [1.29, 1.82) is 0 Å². The third kappa shape index (κ3) is 3.95. The number of aliphatic hydroxyl groups is 1. The van der Waals surface area contributed by atoms with Crippen LogP contribution in [0.3, 0.4) is 0 Å². The largest absolute Gasteiger partial charge is 0.388 e. The van der Waals surface area contributed by atoms with Gasteiger partial charge in [-0.15, -0.1) is 0 Å². The number of carbonyl (C=O) groups is 1. The summed E-state index contributed by atoms with van der Waals surface area (Å²) in [6, 6.07) is 7.87. The summed E-state index contributed by atoms with van der Waals surface area (Å²) in [5.74, 6) is 0. The number of rotatable bonds is 5. The van der Waals surface area contributed by atoms with Gasteiger partial charge in [0.15, 0.2) is 0 Å². The lowest BCUT2D eigenvalue weighted by atomic mass is 9.80. The Kier molecular flexibility index (Phi) is 4.98. The molecule has 1 unspecified atom stereocenters. The smallest absolute Gasteiger partial charge is 0.314 e. The van der Waals surface area contributed by atoms with E-state index in [9.17, 15) is 9.90 Å². The van der Waals surface area contributed by atoms with Crippen LogP contribution in [0.4, 0.5) is 4.79 Å². The molecule has 0 fully saturated rings. The van der Waals surface area contributed by atoms with Crippen LogP contribution in [0.5, 0.6) is 0 Å². The topological polar surface area (TPSA) is 70.6 Å². The van der Waals surface area contributed by atoms with Crippen LogP contribution in [-0.4, -0.2) is 43.5 Å². The van der Waals surface area contributed by atoms with E-state index in [1.165, 1.54) is 11.1 Å². The van der Waals surface area contributed by atoms with Gasteiger partial charge in [0.1, 0.15) is 0 Å². The molecule has 2 rings (SSSR count). The Morgan fingerprint density at radius 3 is 2.85 bits per heavy atom. The van der Waals surface area contributed by atoms with Gasteiger partial charge in [-0.2, -0.15) is 0 Å². The number of aryl methyl sites for hydroxylation is 1. The van der Waals surface area contributed by atoms with Crippen LogP contribution in [-0.2, 0) is 17.6 Å². The first-order chi connectivity index (χ1) is 9.63. The van der Waals surface area contributed by atoms with Gasteiger partial charge in [0, 0.05) is 26.6 Å². The minimum atomic E-state index is -0.854. The first-order valence-electron chi connectivity index (χ1n) is 6.93. The van der Waals surface area contributed by atoms with Gasteiger partial charge in [0.05, 0.1) is 12.2 Å². The Morgan fingerprint density at radius 2 is 2.10 bits per heavy atom. The Bertz CT molecular complexity index is 464. The molecule has 2 amide bonds. The first kappa shape index (κ1) is 14.8. The normalized spacial score (nSPS) is 21.1. The fraction of sp³-hybridized carbons (Fsp3) is 0.533. The molecule has 5 heteroatoms. The van der Waals surface area contributed by atoms with Crippen LogP contribution >= 0.6 is 0 Å². The van der Waals surface area contributed by atoms with Crippen LogP contribution < -0.4 is 10.6 Å². The average Bonchev–Trinajstić information content (AvgIpc) is 2.45.